The molecular weight excluding hydrogens is 340 g/mol. The predicted molar refractivity (Wildman–Crippen MR) is 107 cm³/mol. The van der Waals surface area contributed by atoms with E-state index in [-0.39, 0.29) is 17.4 Å². The standard InChI is InChI=1S/C21H34N4O2/c1-16(2)20-11-21(27)25(15-22-20)13-18-6-9-23(10-7-18)12-19-5-4-8-24(14-19)17(3)26/h11,15-16,18-19H,4-10,12-14H2,1-3H3. The van der Waals surface area contributed by atoms with Crippen molar-refractivity contribution in [1.82, 2.24) is 19.4 Å². The Morgan fingerprint density at radius 3 is 2.52 bits per heavy atom. The molecule has 1 amide bonds. The van der Waals surface area contributed by atoms with E-state index in [0.717, 1.165) is 64.2 Å². The number of rotatable bonds is 5. The van der Waals surface area contributed by atoms with Gasteiger partial charge in [0.15, 0.2) is 0 Å². The van der Waals surface area contributed by atoms with Crippen molar-refractivity contribution in [3.05, 3.63) is 28.4 Å². The molecule has 0 spiro atoms. The van der Waals surface area contributed by atoms with Crippen molar-refractivity contribution in [2.75, 3.05) is 32.7 Å². The zero-order valence-corrected chi connectivity index (χ0v) is 17.1. The monoisotopic (exact) mass is 374 g/mol. The van der Waals surface area contributed by atoms with Gasteiger partial charge >= 0.3 is 0 Å². The van der Waals surface area contributed by atoms with E-state index in [9.17, 15) is 9.59 Å². The number of nitrogens with zero attached hydrogens (tertiary/aromatic N) is 4. The van der Waals surface area contributed by atoms with Gasteiger partial charge in [0.05, 0.1) is 12.0 Å². The summed E-state index contributed by atoms with van der Waals surface area (Å²) in [5.41, 5.74) is 0.945. The van der Waals surface area contributed by atoms with Gasteiger partial charge in [-0.25, -0.2) is 4.98 Å². The summed E-state index contributed by atoms with van der Waals surface area (Å²) in [5.74, 6) is 1.65. The summed E-state index contributed by atoms with van der Waals surface area (Å²) in [5, 5.41) is 0. The molecule has 0 N–H and O–H groups in total. The summed E-state index contributed by atoms with van der Waals surface area (Å²) in [6.07, 6.45) is 6.33. The third-order valence-corrected chi connectivity index (χ3v) is 6.13. The number of hydrogen-bond donors (Lipinski definition) is 0. The summed E-state index contributed by atoms with van der Waals surface area (Å²) in [4.78, 5) is 32.9. The van der Waals surface area contributed by atoms with Crippen molar-refractivity contribution < 1.29 is 4.79 Å². The van der Waals surface area contributed by atoms with Gasteiger partial charge in [-0.3, -0.25) is 14.2 Å². The normalized spacial score (nSPS) is 22.4. The molecule has 1 aromatic heterocycles. The van der Waals surface area contributed by atoms with Gasteiger partial charge in [-0.1, -0.05) is 13.8 Å². The zero-order chi connectivity index (χ0) is 19.4. The SMILES string of the molecule is CC(=O)N1CCCC(CN2CCC(Cn3cnc(C(C)C)cc3=O)CC2)C1. The molecule has 6 heteroatoms. The lowest BCUT2D eigenvalue weighted by atomic mass is 9.93. The Kier molecular flexibility index (Phi) is 6.68. The van der Waals surface area contributed by atoms with Crippen molar-refractivity contribution in [2.45, 2.75) is 58.9 Å². The number of hydrogen-bond acceptors (Lipinski definition) is 4. The van der Waals surface area contributed by atoms with Crippen LogP contribution in [0, 0.1) is 11.8 Å². The Hall–Kier alpha value is -1.69. The summed E-state index contributed by atoms with van der Waals surface area (Å²) >= 11 is 0. The first-order valence-corrected chi connectivity index (χ1v) is 10.5. The molecule has 1 unspecified atom stereocenters. The molecule has 0 bridgehead atoms. The average Bonchev–Trinajstić information content (AvgIpc) is 2.65. The summed E-state index contributed by atoms with van der Waals surface area (Å²) in [6.45, 7) is 11.7. The lowest BCUT2D eigenvalue weighted by Crippen LogP contribution is -2.45. The fourth-order valence-corrected chi connectivity index (χ4v) is 4.39. The van der Waals surface area contributed by atoms with Crippen LogP contribution in [0.3, 0.4) is 0 Å². The first kappa shape index (κ1) is 20.1. The highest BCUT2D eigenvalue weighted by atomic mass is 16.2. The molecule has 3 heterocycles. The number of likely N-dealkylation sites (tertiary alicyclic amines) is 2. The van der Waals surface area contributed by atoms with Gasteiger partial charge in [-0.15, -0.1) is 0 Å². The highest BCUT2D eigenvalue weighted by Crippen LogP contribution is 2.23. The van der Waals surface area contributed by atoms with Crippen LogP contribution in [0.5, 0.6) is 0 Å². The molecule has 27 heavy (non-hydrogen) atoms. The highest BCUT2D eigenvalue weighted by Gasteiger charge is 2.26. The van der Waals surface area contributed by atoms with Crippen LogP contribution >= 0.6 is 0 Å². The van der Waals surface area contributed by atoms with E-state index in [2.05, 4.69) is 23.7 Å². The van der Waals surface area contributed by atoms with Crippen LogP contribution in [0.15, 0.2) is 17.2 Å². The smallest absolute Gasteiger partial charge is 0.253 e. The molecule has 2 aliphatic rings. The molecule has 0 radical (unpaired) electrons. The van der Waals surface area contributed by atoms with Gasteiger partial charge in [0, 0.05) is 39.2 Å². The highest BCUT2D eigenvalue weighted by molar-refractivity contribution is 5.73. The molecule has 0 aromatic carbocycles. The molecule has 6 nitrogen and oxygen atoms in total. The minimum Gasteiger partial charge on any atom is -0.343 e. The van der Waals surface area contributed by atoms with Gasteiger partial charge in [0.2, 0.25) is 5.91 Å². The molecule has 3 rings (SSSR count). The number of amides is 1. The van der Waals surface area contributed by atoms with Crippen LogP contribution in [0.4, 0.5) is 0 Å². The number of piperidine rings is 2. The maximum atomic E-state index is 12.3. The molecule has 1 atom stereocenters. The largest absolute Gasteiger partial charge is 0.343 e. The molecule has 2 aliphatic heterocycles. The maximum absolute atomic E-state index is 12.3. The van der Waals surface area contributed by atoms with Crippen molar-refractivity contribution >= 4 is 5.91 Å². The van der Waals surface area contributed by atoms with Gasteiger partial charge in [-0.2, -0.15) is 0 Å². The molecule has 1 aromatic rings. The number of carbonyl (C=O) groups is 1. The van der Waals surface area contributed by atoms with Gasteiger partial charge in [0.25, 0.3) is 5.56 Å². The van der Waals surface area contributed by atoms with E-state index in [1.54, 1.807) is 23.9 Å². The minimum atomic E-state index is 0.0719. The zero-order valence-electron chi connectivity index (χ0n) is 17.1. The Morgan fingerprint density at radius 1 is 1.15 bits per heavy atom. The quantitative estimate of drug-likeness (QED) is 0.794. The lowest BCUT2D eigenvalue weighted by molar-refractivity contribution is -0.130. The Labute approximate surface area is 162 Å². The van der Waals surface area contributed by atoms with Crippen LogP contribution in [0.2, 0.25) is 0 Å². The number of aromatic nitrogens is 2. The van der Waals surface area contributed by atoms with E-state index in [1.807, 2.05) is 4.90 Å². The van der Waals surface area contributed by atoms with E-state index >= 15 is 0 Å². The van der Waals surface area contributed by atoms with E-state index < -0.39 is 0 Å². The van der Waals surface area contributed by atoms with E-state index in [0.29, 0.717) is 11.8 Å². The van der Waals surface area contributed by atoms with Crippen LogP contribution in [-0.4, -0.2) is 58.0 Å². The fourth-order valence-electron chi connectivity index (χ4n) is 4.39. The van der Waals surface area contributed by atoms with E-state index in [1.165, 1.54) is 6.42 Å². The molecule has 2 saturated heterocycles. The third-order valence-electron chi connectivity index (χ3n) is 6.13. The van der Waals surface area contributed by atoms with Gasteiger partial charge in [-0.05, 0) is 56.5 Å². The Bertz CT molecular complexity index is 692. The van der Waals surface area contributed by atoms with Crippen LogP contribution in [0.1, 0.15) is 58.1 Å². The van der Waals surface area contributed by atoms with E-state index in [4.69, 9.17) is 0 Å². The molecule has 150 valence electrons. The summed E-state index contributed by atoms with van der Waals surface area (Å²) < 4.78 is 1.78. The second-order valence-electron chi connectivity index (χ2n) is 8.68. The minimum absolute atomic E-state index is 0.0719. The molecule has 0 aliphatic carbocycles. The van der Waals surface area contributed by atoms with Gasteiger partial charge < -0.3 is 9.80 Å². The van der Waals surface area contributed by atoms with Crippen LogP contribution in [0.25, 0.3) is 0 Å². The summed E-state index contributed by atoms with van der Waals surface area (Å²) in [7, 11) is 0. The second kappa shape index (κ2) is 9.00. The predicted octanol–water partition coefficient (Wildman–Crippen LogP) is 2.34. The molecule has 0 saturated carbocycles. The van der Waals surface area contributed by atoms with Crippen LogP contribution in [-0.2, 0) is 11.3 Å². The van der Waals surface area contributed by atoms with Crippen molar-refractivity contribution in [3.8, 4) is 0 Å². The van der Waals surface area contributed by atoms with Crippen molar-refractivity contribution in [3.63, 3.8) is 0 Å². The fraction of sp³-hybridized carbons (Fsp3) is 0.762. The first-order chi connectivity index (χ1) is 12.9. The Balaban J connectivity index is 1.46. The third kappa shape index (κ3) is 5.41. The van der Waals surface area contributed by atoms with Gasteiger partial charge in [0.1, 0.15) is 0 Å². The van der Waals surface area contributed by atoms with Crippen LogP contribution < -0.4 is 5.56 Å². The molecular formula is C21H34N4O2. The van der Waals surface area contributed by atoms with Crippen molar-refractivity contribution in [1.29, 1.82) is 0 Å². The maximum Gasteiger partial charge on any atom is 0.253 e. The topological polar surface area (TPSA) is 58.4 Å². The average molecular weight is 375 g/mol. The first-order valence-electron chi connectivity index (χ1n) is 10.5. The second-order valence-corrected chi connectivity index (χ2v) is 8.68. The lowest BCUT2D eigenvalue weighted by Gasteiger charge is -2.38. The Morgan fingerprint density at radius 2 is 1.89 bits per heavy atom. The summed E-state index contributed by atoms with van der Waals surface area (Å²) in [6, 6.07) is 1.68. The number of carbonyl (C=O) groups excluding carboxylic acids is 1. The molecule has 2 fully saturated rings. The van der Waals surface area contributed by atoms with Crippen molar-refractivity contribution in [2.24, 2.45) is 11.8 Å².